The number of benzene rings is 3. The number of ether oxygens (including phenoxy) is 1. The van der Waals surface area contributed by atoms with E-state index in [1.165, 1.54) is 16.3 Å². The van der Waals surface area contributed by atoms with Gasteiger partial charge in [0.2, 0.25) is 0 Å². The molecule has 3 rings (SSSR count). The zero-order valence-electron chi connectivity index (χ0n) is 11.7. The van der Waals surface area contributed by atoms with Gasteiger partial charge >= 0.3 is 0 Å². The highest BCUT2D eigenvalue weighted by Gasteiger charge is 2.09. The van der Waals surface area contributed by atoms with Crippen molar-refractivity contribution < 1.29 is 4.74 Å². The highest BCUT2D eigenvalue weighted by atomic mass is 35.5. The van der Waals surface area contributed by atoms with E-state index in [9.17, 15) is 0 Å². The molecular formula is C19H15ClO. The maximum Gasteiger partial charge on any atom is 0.0831 e. The van der Waals surface area contributed by atoms with Crippen LogP contribution in [0.25, 0.3) is 28.0 Å². The molecule has 0 saturated heterocycles. The van der Waals surface area contributed by atoms with Crippen LogP contribution in [-0.2, 0) is 4.74 Å². The molecule has 0 aliphatic carbocycles. The van der Waals surface area contributed by atoms with Crippen LogP contribution in [-0.4, -0.2) is 7.11 Å². The van der Waals surface area contributed by atoms with Gasteiger partial charge in [0.15, 0.2) is 0 Å². The summed E-state index contributed by atoms with van der Waals surface area (Å²) in [6.45, 7) is 0. The van der Waals surface area contributed by atoms with Gasteiger partial charge < -0.3 is 4.74 Å². The van der Waals surface area contributed by atoms with Crippen molar-refractivity contribution in [2.45, 2.75) is 0 Å². The molecule has 0 spiro atoms. The fourth-order valence-corrected chi connectivity index (χ4v) is 2.78. The van der Waals surface area contributed by atoms with Crippen LogP contribution in [0.2, 0.25) is 5.02 Å². The van der Waals surface area contributed by atoms with Crippen LogP contribution in [0.15, 0.2) is 66.9 Å². The normalized spacial score (nSPS) is 11.1. The molecule has 0 heterocycles. The smallest absolute Gasteiger partial charge is 0.0831 e. The summed E-state index contributed by atoms with van der Waals surface area (Å²) in [5.41, 5.74) is 3.25. The maximum atomic E-state index is 6.36. The van der Waals surface area contributed by atoms with Crippen LogP contribution in [0, 0.1) is 0 Å². The molecule has 1 nitrogen and oxygen atoms in total. The SMILES string of the molecule is CO/C=C/c1c(Cl)cccc1-c1cccc2ccccc12. The molecule has 0 amide bonds. The lowest BCUT2D eigenvalue weighted by Crippen LogP contribution is -1.87. The minimum atomic E-state index is 0.716. The van der Waals surface area contributed by atoms with E-state index in [2.05, 4.69) is 48.5 Å². The lowest BCUT2D eigenvalue weighted by molar-refractivity contribution is 0.341. The summed E-state index contributed by atoms with van der Waals surface area (Å²) in [6, 6.07) is 20.6. The molecule has 0 fully saturated rings. The number of methoxy groups -OCH3 is 1. The highest BCUT2D eigenvalue weighted by molar-refractivity contribution is 6.32. The lowest BCUT2D eigenvalue weighted by atomic mass is 9.94. The van der Waals surface area contributed by atoms with Crippen LogP contribution in [0.1, 0.15) is 5.56 Å². The third-order valence-electron chi connectivity index (χ3n) is 3.50. The number of fused-ring (bicyclic) bond motifs is 1. The molecule has 0 aliphatic heterocycles. The van der Waals surface area contributed by atoms with Crippen molar-refractivity contribution in [1.82, 2.24) is 0 Å². The molecular weight excluding hydrogens is 280 g/mol. The third kappa shape index (κ3) is 2.65. The summed E-state index contributed by atoms with van der Waals surface area (Å²) in [6.07, 6.45) is 3.55. The van der Waals surface area contributed by atoms with Gasteiger partial charge in [-0.05, 0) is 34.0 Å². The molecule has 3 aromatic carbocycles. The molecule has 2 heteroatoms. The Bertz CT molecular complexity index is 800. The summed E-state index contributed by atoms with van der Waals surface area (Å²) in [7, 11) is 1.63. The molecule has 0 saturated carbocycles. The molecule has 0 radical (unpaired) electrons. The highest BCUT2D eigenvalue weighted by Crippen LogP contribution is 2.34. The zero-order chi connectivity index (χ0) is 14.7. The van der Waals surface area contributed by atoms with Crippen LogP contribution < -0.4 is 0 Å². The molecule has 0 aliphatic rings. The van der Waals surface area contributed by atoms with E-state index < -0.39 is 0 Å². The summed E-state index contributed by atoms with van der Waals surface area (Å²) >= 11 is 6.36. The first-order chi connectivity index (χ1) is 10.3. The van der Waals surface area contributed by atoms with Gasteiger partial charge in [-0.25, -0.2) is 0 Å². The van der Waals surface area contributed by atoms with Crippen LogP contribution in [0.5, 0.6) is 0 Å². The van der Waals surface area contributed by atoms with E-state index in [-0.39, 0.29) is 0 Å². The fraction of sp³-hybridized carbons (Fsp3) is 0.0526. The van der Waals surface area contributed by atoms with Gasteiger partial charge in [-0.2, -0.15) is 0 Å². The zero-order valence-corrected chi connectivity index (χ0v) is 12.5. The van der Waals surface area contributed by atoms with Crippen molar-refractivity contribution in [3.63, 3.8) is 0 Å². The van der Waals surface area contributed by atoms with Gasteiger partial charge in [0, 0.05) is 10.6 Å². The van der Waals surface area contributed by atoms with Gasteiger partial charge in [-0.3, -0.25) is 0 Å². The van der Waals surface area contributed by atoms with Crippen molar-refractivity contribution in [3.05, 3.63) is 77.5 Å². The standard InChI is InChI=1S/C19H15ClO/c1-21-13-12-18-17(10-5-11-19(18)20)16-9-4-7-14-6-2-3-8-15(14)16/h2-13H,1H3/b13-12+. The Morgan fingerprint density at radius 2 is 1.57 bits per heavy atom. The lowest BCUT2D eigenvalue weighted by Gasteiger charge is -2.11. The molecule has 0 atom stereocenters. The van der Waals surface area contributed by atoms with Crippen molar-refractivity contribution in [2.75, 3.05) is 7.11 Å². The van der Waals surface area contributed by atoms with E-state index in [1.807, 2.05) is 18.2 Å². The maximum absolute atomic E-state index is 6.36. The van der Waals surface area contributed by atoms with Crippen molar-refractivity contribution in [3.8, 4) is 11.1 Å². The molecule has 3 aromatic rings. The van der Waals surface area contributed by atoms with Gasteiger partial charge in [-0.15, -0.1) is 0 Å². The van der Waals surface area contributed by atoms with Gasteiger partial charge in [-0.1, -0.05) is 66.2 Å². The van der Waals surface area contributed by atoms with E-state index in [1.54, 1.807) is 13.4 Å². The Hall–Kier alpha value is -2.25. The number of hydrogen-bond donors (Lipinski definition) is 0. The van der Waals surface area contributed by atoms with E-state index in [0.717, 1.165) is 11.1 Å². The first-order valence-corrected chi connectivity index (χ1v) is 7.15. The Kier molecular flexibility index (Phi) is 3.94. The molecule has 104 valence electrons. The molecule has 0 aromatic heterocycles. The van der Waals surface area contributed by atoms with Crippen molar-refractivity contribution >= 4 is 28.4 Å². The summed E-state index contributed by atoms with van der Waals surface area (Å²) in [5, 5.41) is 3.15. The second-order valence-corrected chi connectivity index (χ2v) is 5.17. The predicted molar refractivity (Wildman–Crippen MR) is 90.4 cm³/mol. The van der Waals surface area contributed by atoms with Crippen molar-refractivity contribution in [1.29, 1.82) is 0 Å². The quantitative estimate of drug-likeness (QED) is 0.557. The van der Waals surface area contributed by atoms with Crippen LogP contribution in [0.3, 0.4) is 0 Å². The molecule has 0 N–H and O–H groups in total. The second-order valence-electron chi connectivity index (χ2n) is 4.77. The van der Waals surface area contributed by atoms with E-state index >= 15 is 0 Å². The first-order valence-electron chi connectivity index (χ1n) is 6.77. The van der Waals surface area contributed by atoms with Gasteiger partial charge in [0.1, 0.15) is 0 Å². The van der Waals surface area contributed by atoms with E-state index in [4.69, 9.17) is 16.3 Å². The topological polar surface area (TPSA) is 9.23 Å². The average molecular weight is 295 g/mol. The monoisotopic (exact) mass is 294 g/mol. The molecule has 0 bridgehead atoms. The van der Waals surface area contributed by atoms with Gasteiger partial charge in [0.05, 0.1) is 13.4 Å². The third-order valence-corrected chi connectivity index (χ3v) is 3.83. The minimum absolute atomic E-state index is 0.716. The predicted octanol–water partition coefficient (Wildman–Crippen LogP) is 5.78. The molecule has 0 unspecified atom stereocenters. The summed E-state index contributed by atoms with van der Waals surface area (Å²) < 4.78 is 5.04. The Morgan fingerprint density at radius 3 is 2.43 bits per heavy atom. The van der Waals surface area contributed by atoms with Crippen LogP contribution >= 0.6 is 11.6 Å². The second kappa shape index (κ2) is 6.02. The first kappa shape index (κ1) is 13.7. The Labute approximate surface area is 129 Å². The summed E-state index contributed by atoms with van der Waals surface area (Å²) in [5.74, 6) is 0. The van der Waals surface area contributed by atoms with E-state index in [0.29, 0.717) is 5.02 Å². The Morgan fingerprint density at radius 1 is 0.857 bits per heavy atom. The van der Waals surface area contributed by atoms with Crippen molar-refractivity contribution in [2.24, 2.45) is 0 Å². The fourth-order valence-electron chi connectivity index (χ4n) is 2.54. The number of rotatable bonds is 3. The minimum Gasteiger partial charge on any atom is -0.504 e. The molecule has 21 heavy (non-hydrogen) atoms. The largest absolute Gasteiger partial charge is 0.504 e. The number of hydrogen-bond acceptors (Lipinski definition) is 1. The number of halogens is 1. The van der Waals surface area contributed by atoms with Gasteiger partial charge in [0.25, 0.3) is 0 Å². The summed E-state index contributed by atoms with van der Waals surface area (Å²) in [4.78, 5) is 0. The van der Waals surface area contributed by atoms with Crippen LogP contribution in [0.4, 0.5) is 0 Å². The average Bonchev–Trinajstić information content (AvgIpc) is 2.53. The Balaban J connectivity index is 2.28.